The molecule has 0 aliphatic heterocycles. The maximum Gasteiger partial charge on any atom is 0.308 e. The van der Waals surface area contributed by atoms with Crippen LogP contribution in [0.3, 0.4) is 0 Å². The molecule has 102 valence electrons. The normalized spacial score (nSPS) is 22.2. The van der Waals surface area contributed by atoms with Gasteiger partial charge in [-0.3, -0.25) is 9.59 Å². The van der Waals surface area contributed by atoms with Crippen LogP contribution in [0.2, 0.25) is 0 Å². The third kappa shape index (κ3) is 3.07. The van der Waals surface area contributed by atoms with Gasteiger partial charge in [0.15, 0.2) is 0 Å². The van der Waals surface area contributed by atoms with E-state index < -0.39 is 17.8 Å². The van der Waals surface area contributed by atoms with E-state index in [2.05, 4.69) is 21.2 Å². The highest BCUT2D eigenvalue weighted by atomic mass is 79.9. The number of benzene rings is 1. The number of aliphatic carboxylic acids is 1. The van der Waals surface area contributed by atoms with Crippen LogP contribution in [-0.2, 0) is 4.79 Å². The Kier molecular flexibility index (Phi) is 4.09. The first-order valence-corrected chi connectivity index (χ1v) is 6.80. The Morgan fingerprint density at radius 1 is 1.32 bits per heavy atom. The van der Waals surface area contributed by atoms with Gasteiger partial charge in [-0.25, -0.2) is 0 Å². The van der Waals surface area contributed by atoms with Gasteiger partial charge >= 0.3 is 5.97 Å². The van der Waals surface area contributed by atoms with Crippen molar-refractivity contribution in [3.8, 4) is 5.75 Å². The first kappa shape index (κ1) is 13.9. The van der Waals surface area contributed by atoms with Crippen molar-refractivity contribution >= 4 is 27.8 Å². The first-order valence-electron chi connectivity index (χ1n) is 6.01. The van der Waals surface area contributed by atoms with Crippen molar-refractivity contribution in [3.05, 3.63) is 28.2 Å². The van der Waals surface area contributed by atoms with Crippen LogP contribution in [0.25, 0.3) is 0 Å². The SMILES string of the molecule is O=C(NC1CCCC1C(=O)O)c1cc(Br)ccc1O. The van der Waals surface area contributed by atoms with E-state index >= 15 is 0 Å². The van der Waals surface area contributed by atoms with Crippen molar-refractivity contribution in [1.82, 2.24) is 5.32 Å². The van der Waals surface area contributed by atoms with Crippen LogP contribution in [0, 0.1) is 5.92 Å². The zero-order valence-electron chi connectivity index (χ0n) is 10.1. The Labute approximate surface area is 118 Å². The van der Waals surface area contributed by atoms with Gasteiger partial charge in [0.2, 0.25) is 0 Å². The highest BCUT2D eigenvalue weighted by Crippen LogP contribution is 2.27. The van der Waals surface area contributed by atoms with Gasteiger partial charge in [0.05, 0.1) is 11.5 Å². The summed E-state index contributed by atoms with van der Waals surface area (Å²) >= 11 is 3.23. The molecule has 1 saturated carbocycles. The van der Waals surface area contributed by atoms with Crippen molar-refractivity contribution in [2.24, 2.45) is 5.92 Å². The molecule has 0 heterocycles. The Bertz CT molecular complexity index is 517. The smallest absolute Gasteiger partial charge is 0.308 e. The topological polar surface area (TPSA) is 86.6 Å². The fourth-order valence-electron chi connectivity index (χ4n) is 2.36. The number of hydrogen-bond acceptors (Lipinski definition) is 3. The largest absolute Gasteiger partial charge is 0.507 e. The Morgan fingerprint density at radius 2 is 2.05 bits per heavy atom. The van der Waals surface area contributed by atoms with E-state index in [1.165, 1.54) is 12.1 Å². The molecule has 1 aromatic carbocycles. The predicted molar refractivity (Wildman–Crippen MR) is 72.0 cm³/mol. The highest BCUT2D eigenvalue weighted by Gasteiger charge is 2.34. The Balaban J connectivity index is 2.12. The first-order chi connectivity index (χ1) is 8.99. The molecule has 0 saturated heterocycles. The molecule has 0 radical (unpaired) electrons. The number of rotatable bonds is 3. The van der Waals surface area contributed by atoms with E-state index in [1.807, 2.05) is 0 Å². The van der Waals surface area contributed by atoms with Crippen LogP contribution in [0.5, 0.6) is 5.75 Å². The molecule has 1 aliphatic rings. The second-order valence-electron chi connectivity index (χ2n) is 4.62. The molecule has 1 amide bonds. The monoisotopic (exact) mass is 327 g/mol. The van der Waals surface area contributed by atoms with Crippen molar-refractivity contribution in [3.63, 3.8) is 0 Å². The van der Waals surface area contributed by atoms with Gasteiger partial charge in [-0.15, -0.1) is 0 Å². The average molecular weight is 328 g/mol. The van der Waals surface area contributed by atoms with Gasteiger partial charge in [-0.1, -0.05) is 22.4 Å². The zero-order chi connectivity index (χ0) is 14.0. The molecule has 1 fully saturated rings. The maximum absolute atomic E-state index is 12.1. The molecule has 1 aliphatic carbocycles. The summed E-state index contributed by atoms with van der Waals surface area (Å²) in [6.45, 7) is 0. The number of carboxylic acid groups (broad SMARTS) is 1. The summed E-state index contributed by atoms with van der Waals surface area (Å²) in [6, 6.07) is 4.18. The van der Waals surface area contributed by atoms with Crippen LogP contribution in [0.15, 0.2) is 22.7 Å². The lowest BCUT2D eigenvalue weighted by Gasteiger charge is -2.18. The van der Waals surface area contributed by atoms with Gasteiger partial charge < -0.3 is 15.5 Å². The van der Waals surface area contributed by atoms with E-state index in [9.17, 15) is 14.7 Å². The molecule has 0 spiro atoms. The van der Waals surface area contributed by atoms with Crippen LogP contribution >= 0.6 is 15.9 Å². The standard InChI is InChI=1S/C13H14BrNO4/c14-7-4-5-11(16)9(6-7)12(17)15-10-3-1-2-8(10)13(18)19/h4-6,8,10,16H,1-3H2,(H,15,17)(H,18,19). The maximum atomic E-state index is 12.1. The number of amides is 1. The number of halogens is 1. The predicted octanol–water partition coefficient (Wildman–Crippen LogP) is 2.14. The average Bonchev–Trinajstić information content (AvgIpc) is 2.80. The van der Waals surface area contributed by atoms with E-state index in [0.717, 1.165) is 6.42 Å². The lowest BCUT2D eigenvalue weighted by molar-refractivity contribution is -0.142. The molecule has 2 rings (SSSR count). The molecular formula is C13H14BrNO4. The molecule has 1 aromatic rings. The van der Waals surface area contributed by atoms with Gasteiger partial charge in [0, 0.05) is 10.5 Å². The number of aromatic hydroxyl groups is 1. The molecule has 2 unspecified atom stereocenters. The number of phenols is 1. The van der Waals surface area contributed by atoms with Crippen LogP contribution in [0.1, 0.15) is 29.6 Å². The van der Waals surface area contributed by atoms with Gasteiger partial charge in [-0.2, -0.15) is 0 Å². The summed E-state index contributed by atoms with van der Waals surface area (Å²) in [7, 11) is 0. The van der Waals surface area contributed by atoms with Gasteiger partial charge in [-0.05, 0) is 31.0 Å². The fraction of sp³-hybridized carbons (Fsp3) is 0.385. The lowest BCUT2D eigenvalue weighted by Crippen LogP contribution is -2.40. The molecule has 6 heteroatoms. The van der Waals surface area contributed by atoms with Crippen molar-refractivity contribution in [2.45, 2.75) is 25.3 Å². The zero-order valence-corrected chi connectivity index (χ0v) is 11.7. The van der Waals surface area contributed by atoms with Gasteiger partial charge in [0.25, 0.3) is 5.91 Å². The van der Waals surface area contributed by atoms with Crippen molar-refractivity contribution in [2.75, 3.05) is 0 Å². The van der Waals surface area contributed by atoms with Gasteiger partial charge in [0.1, 0.15) is 5.75 Å². The van der Waals surface area contributed by atoms with Crippen LogP contribution in [0.4, 0.5) is 0 Å². The molecular weight excluding hydrogens is 314 g/mol. The minimum absolute atomic E-state index is 0.120. The third-order valence-electron chi connectivity index (χ3n) is 3.35. The van der Waals surface area contributed by atoms with E-state index in [-0.39, 0.29) is 17.4 Å². The molecule has 2 atom stereocenters. The fourth-order valence-corrected chi connectivity index (χ4v) is 2.73. The Hall–Kier alpha value is -1.56. The second-order valence-corrected chi connectivity index (χ2v) is 5.53. The summed E-state index contributed by atoms with van der Waals surface area (Å²) in [4.78, 5) is 23.1. The number of carboxylic acids is 1. The van der Waals surface area contributed by atoms with E-state index in [1.54, 1.807) is 6.07 Å². The van der Waals surface area contributed by atoms with Crippen molar-refractivity contribution in [1.29, 1.82) is 0 Å². The Morgan fingerprint density at radius 3 is 2.74 bits per heavy atom. The summed E-state index contributed by atoms with van der Waals surface area (Å²) in [6.07, 6.45) is 2.01. The molecule has 3 N–H and O–H groups in total. The molecule has 5 nitrogen and oxygen atoms in total. The van der Waals surface area contributed by atoms with Crippen LogP contribution in [-0.4, -0.2) is 28.1 Å². The number of carbonyl (C=O) groups is 2. The molecule has 19 heavy (non-hydrogen) atoms. The number of nitrogens with one attached hydrogen (secondary N) is 1. The van der Waals surface area contributed by atoms with Crippen LogP contribution < -0.4 is 5.32 Å². The summed E-state index contributed by atoms with van der Waals surface area (Å²) in [5, 5.41) is 21.4. The minimum Gasteiger partial charge on any atom is -0.507 e. The third-order valence-corrected chi connectivity index (χ3v) is 3.85. The van der Waals surface area contributed by atoms with E-state index in [4.69, 9.17) is 5.11 Å². The number of hydrogen-bond donors (Lipinski definition) is 3. The summed E-state index contributed by atoms with van der Waals surface area (Å²) in [5.74, 6) is -2.00. The molecule has 0 bridgehead atoms. The van der Waals surface area contributed by atoms with E-state index in [0.29, 0.717) is 17.3 Å². The van der Waals surface area contributed by atoms with Crippen molar-refractivity contribution < 1.29 is 19.8 Å². The summed E-state index contributed by atoms with van der Waals surface area (Å²) in [5.41, 5.74) is 0.144. The summed E-state index contributed by atoms with van der Waals surface area (Å²) < 4.78 is 0.677. The minimum atomic E-state index is -0.888. The lowest BCUT2D eigenvalue weighted by atomic mass is 10.0. The second kappa shape index (κ2) is 5.61. The number of carbonyl (C=O) groups excluding carboxylic acids is 1. The quantitative estimate of drug-likeness (QED) is 0.793. The highest BCUT2D eigenvalue weighted by molar-refractivity contribution is 9.10. The molecule has 0 aromatic heterocycles. The number of phenolic OH excluding ortho intramolecular Hbond substituents is 1.